The van der Waals surface area contributed by atoms with Crippen LogP contribution in [0.4, 0.5) is 11.6 Å². The van der Waals surface area contributed by atoms with Crippen LogP contribution in [-0.4, -0.2) is 36.3 Å². The van der Waals surface area contributed by atoms with E-state index in [1.807, 2.05) is 6.92 Å². The molecule has 1 fully saturated rings. The highest BCUT2D eigenvalue weighted by Crippen LogP contribution is 2.28. The Morgan fingerprint density at radius 1 is 1.15 bits per heavy atom. The fourth-order valence-electron chi connectivity index (χ4n) is 2.01. The van der Waals surface area contributed by atoms with Gasteiger partial charge in [-0.3, -0.25) is 0 Å². The quantitative estimate of drug-likeness (QED) is 0.680. The third-order valence-corrected chi connectivity index (χ3v) is 3.44. The maximum Gasteiger partial charge on any atom is 0.134 e. The Balaban J connectivity index is 1.88. The van der Waals surface area contributed by atoms with Crippen molar-refractivity contribution < 1.29 is 4.74 Å². The van der Waals surface area contributed by atoms with Crippen molar-refractivity contribution in [1.29, 1.82) is 0 Å². The van der Waals surface area contributed by atoms with E-state index < -0.39 is 0 Å². The zero-order valence-corrected chi connectivity index (χ0v) is 12.8. The number of nitrogens with one attached hydrogen (secondary N) is 2. The van der Waals surface area contributed by atoms with Crippen LogP contribution in [0, 0.1) is 12.8 Å². The summed E-state index contributed by atoms with van der Waals surface area (Å²) in [4.78, 5) is 9.08. The third kappa shape index (κ3) is 4.34. The van der Waals surface area contributed by atoms with Crippen LogP contribution in [0.2, 0.25) is 0 Å². The molecule has 5 nitrogen and oxygen atoms in total. The summed E-state index contributed by atoms with van der Waals surface area (Å²) in [5.41, 5.74) is 1.08. The second-order valence-electron chi connectivity index (χ2n) is 5.29. The van der Waals surface area contributed by atoms with Gasteiger partial charge >= 0.3 is 0 Å². The van der Waals surface area contributed by atoms with Gasteiger partial charge in [-0.05, 0) is 32.6 Å². The van der Waals surface area contributed by atoms with Crippen molar-refractivity contribution in [1.82, 2.24) is 9.97 Å². The molecule has 112 valence electrons. The van der Waals surface area contributed by atoms with Crippen LogP contribution >= 0.6 is 0 Å². The Morgan fingerprint density at radius 3 is 2.45 bits per heavy atom. The van der Waals surface area contributed by atoms with Crippen molar-refractivity contribution in [3.05, 3.63) is 11.4 Å². The molecule has 0 atom stereocenters. The molecule has 0 radical (unpaired) electrons. The second-order valence-corrected chi connectivity index (χ2v) is 5.29. The van der Waals surface area contributed by atoms with Crippen LogP contribution in [-0.2, 0) is 11.2 Å². The molecule has 2 N–H and O–H groups in total. The molecule has 1 heterocycles. The molecule has 2 rings (SSSR count). The number of anilines is 2. The first kappa shape index (κ1) is 15.0. The van der Waals surface area contributed by atoms with E-state index in [0.29, 0.717) is 0 Å². The fourth-order valence-corrected chi connectivity index (χ4v) is 2.01. The largest absolute Gasteiger partial charge is 0.379 e. The molecule has 1 aromatic rings. The van der Waals surface area contributed by atoms with E-state index >= 15 is 0 Å². The average Bonchev–Trinajstić information content (AvgIpc) is 3.26. The summed E-state index contributed by atoms with van der Waals surface area (Å²) in [5.74, 6) is 3.54. The van der Waals surface area contributed by atoms with Crippen LogP contribution in [0.15, 0.2) is 0 Å². The van der Waals surface area contributed by atoms with Crippen LogP contribution in [0.3, 0.4) is 0 Å². The van der Waals surface area contributed by atoms with Crippen LogP contribution < -0.4 is 10.6 Å². The minimum absolute atomic E-state index is 0.734. The Labute approximate surface area is 121 Å². The second kappa shape index (κ2) is 7.43. The van der Waals surface area contributed by atoms with Crippen molar-refractivity contribution in [2.24, 2.45) is 5.92 Å². The van der Waals surface area contributed by atoms with Crippen molar-refractivity contribution in [3.8, 4) is 0 Å². The zero-order chi connectivity index (χ0) is 14.4. The zero-order valence-electron chi connectivity index (χ0n) is 12.8. The molecule has 0 unspecified atom stereocenters. The summed E-state index contributed by atoms with van der Waals surface area (Å²) in [6, 6.07) is 0. The van der Waals surface area contributed by atoms with E-state index in [1.165, 1.54) is 12.8 Å². The Bertz CT molecular complexity index is 432. The molecule has 0 aromatic carbocycles. The molecular formula is C15H26N4O. The van der Waals surface area contributed by atoms with Gasteiger partial charge in [-0.25, -0.2) is 9.97 Å². The molecule has 0 amide bonds. The molecular weight excluding hydrogens is 252 g/mol. The molecule has 0 spiro atoms. The first-order valence-electron chi connectivity index (χ1n) is 7.67. The predicted octanol–water partition coefficient (Wildman–Crippen LogP) is 2.62. The summed E-state index contributed by atoms with van der Waals surface area (Å²) in [6.45, 7) is 9.50. The Morgan fingerprint density at radius 2 is 1.85 bits per heavy atom. The SMILES string of the molecule is CCNc1nc(CC)nc(NCCOCC2CC2)c1C. The van der Waals surface area contributed by atoms with Crippen LogP contribution in [0.5, 0.6) is 0 Å². The first-order chi connectivity index (χ1) is 9.74. The Hall–Kier alpha value is -1.36. The lowest BCUT2D eigenvalue weighted by atomic mass is 10.3. The monoisotopic (exact) mass is 278 g/mol. The highest BCUT2D eigenvalue weighted by molar-refractivity contribution is 5.57. The highest BCUT2D eigenvalue weighted by atomic mass is 16.5. The van der Waals surface area contributed by atoms with E-state index in [9.17, 15) is 0 Å². The summed E-state index contributed by atoms with van der Waals surface area (Å²) in [5, 5.41) is 6.66. The molecule has 0 saturated heterocycles. The van der Waals surface area contributed by atoms with Gasteiger partial charge in [0.05, 0.1) is 6.61 Å². The molecule has 20 heavy (non-hydrogen) atoms. The number of hydrogen-bond acceptors (Lipinski definition) is 5. The van der Waals surface area contributed by atoms with E-state index in [-0.39, 0.29) is 0 Å². The van der Waals surface area contributed by atoms with Crippen molar-refractivity contribution in [2.75, 3.05) is 36.9 Å². The number of ether oxygens (including phenoxy) is 1. The van der Waals surface area contributed by atoms with E-state index in [1.54, 1.807) is 0 Å². The van der Waals surface area contributed by atoms with Gasteiger partial charge in [0.25, 0.3) is 0 Å². The number of aryl methyl sites for hydroxylation is 1. The standard InChI is InChI=1S/C15H26N4O/c1-4-13-18-14(16-5-2)11(3)15(19-13)17-8-9-20-10-12-6-7-12/h12H,4-10H2,1-3H3,(H2,16,17,18,19). The van der Waals surface area contributed by atoms with Gasteiger partial charge < -0.3 is 15.4 Å². The van der Waals surface area contributed by atoms with Crippen molar-refractivity contribution in [3.63, 3.8) is 0 Å². The van der Waals surface area contributed by atoms with Gasteiger partial charge in [0.15, 0.2) is 0 Å². The number of rotatable bonds is 9. The highest BCUT2D eigenvalue weighted by Gasteiger charge is 2.20. The number of hydrogen-bond donors (Lipinski definition) is 2. The summed E-state index contributed by atoms with van der Waals surface area (Å²) < 4.78 is 5.63. The molecule has 0 aliphatic heterocycles. The van der Waals surface area contributed by atoms with Gasteiger partial charge in [0.2, 0.25) is 0 Å². The first-order valence-corrected chi connectivity index (χ1v) is 7.67. The van der Waals surface area contributed by atoms with Gasteiger partial charge in [0.1, 0.15) is 17.5 Å². The van der Waals surface area contributed by atoms with Crippen LogP contribution in [0.25, 0.3) is 0 Å². The third-order valence-electron chi connectivity index (χ3n) is 3.44. The lowest BCUT2D eigenvalue weighted by molar-refractivity contribution is 0.134. The summed E-state index contributed by atoms with van der Waals surface area (Å²) in [7, 11) is 0. The molecule has 1 aromatic heterocycles. The Kier molecular flexibility index (Phi) is 5.59. The fraction of sp³-hybridized carbons (Fsp3) is 0.733. The molecule has 1 aliphatic rings. The number of nitrogens with zero attached hydrogens (tertiary/aromatic N) is 2. The molecule has 1 saturated carbocycles. The van der Waals surface area contributed by atoms with Gasteiger partial charge in [-0.15, -0.1) is 0 Å². The molecule has 1 aliphatic carbocycles. The van der Waals surface area contributed by atoms with Crippen molar-refractivity contribution in [2.45, 2.75) is 40.0 Å². The molecule has 0 bridgehead atoms. The minimum atomic E-state index is 0.734. The molecule has 5 heteroatoms. The smallest absolute Gasteiger partial charge is 0.134 e. The lowest BCUT2D eigenvalue weighted by Crippen LogP contribution is -2.15. The van der Waals surface area contributed by atoms with E-state index in [4.69, 9.17) is 4.74 Å². The van der Waals surface area contributed by atoms with Gasteiger partial charge in [-0.1, -0.05) is 6.92 Å². The predicted molar refractivity (Wildman–Crippen MR) is 82.3 cm³/mol. The lowest BCUT2D eigenvalue weighted by Gasteiger charge is -2.14. The van der Waals surface area contributed by atoms with Crippen LogP contribution in [0.1, 0.15) is 38.1 Å². The average molecular weight is 278 g/mol. The summed E-state index contributed by atoms with van der Waals surface area (Å²) >= 11 is 0. The normalized spacial score (nSPS) is 14.3. The summed E-state index contributed by atoms with van der Waals surface area (Å²) in [6.07, 6.45) is 3.51. The van der Waals surface area contributed by atoms with Crippen molar-refractivity contribution >= 4 is 11.6 Å². The van der Waals surface area contributed by atoms with E-state index in [0.717, 1.165) is 61.7 Å². The minimum Gasteiger partial charge on any atom is -0.379 e. The number of aromatic nitrogens is 2. The van der Waals surface area contributed by atoms with E-state index in [2.05, 4.69) is 34.4 Å². The maximum atomic E-state index is 5.63. The van der Waals surface area contributed by atoms with Gasteiger partial charge in [0, 0.05) is 31.7 Å². The van der Waals surface area contributed by atoms with Gasteiger partial charge in [-0.2, -0.15) is 0 Å². The topological polar surface area (TPSA) is 59.1 Å². The maximum absolute atomic E-state index is 5.63.